The monoisotopic (exact) mass is 274 g/mol. The molecule has 0 radical (unpaired) electrons. The fraction of sp³-hybridized carbons (Fsp3) is 0.357. The van der Waals surface area contributed by atoms with Gasteiger partial charge in [-0.2, -0.15) is 0 Å². The highest BCUT2D eigenvalue weighted by Gasteiger charge is 2.08. The number of nitrogens with zero attached hydrogens (tertiary/aromatic N) is 3. The average molecular weight is 274 g/mol. The fourth-order valence-corrected chi connectivity index (χ4v) is 1.90. The Bertz CT molecular complexity index is 703. The lowest BCUT2D eigenvalue weighted by Gasteiger charge is -2.11. The van der Waals surface area contributed by atoms with E-state index in [1.54, 1.807) is 19.3 Å². The van der Waals surface area contributed by atoms with E-state index < -0.39 is 0 Å². The van der Waals surface area contributed by atoms with E-state index in [0.717, 1.165) is 18.5 Å². The number of pyridine rings is 1. The van der Waals surface area contributed by atoms with E-state index in [9.17, 15) is 9.59 Å². The van der Waals surface area contributed by atoms with Crippen LogP contribution in [0, 0.1) is 0 Å². The van der Waals surface area contributed by atoms with Gasteiger partial charge in [0.05, 0.1) is 6.54 Å². The van der Waals surface area contributed by atoms with Gasteiger partial charge in [-0.1, -0.05) is 13.0 Å². The summed E-state index contributed by atoms with van der Waals surface area (Å²) in [6, 6.07) is 5.05. The molecule has 0 aliphatic carbocycles. The molecule has 2 aromatic rings. The molecule has 0 aromatic carbocycles. The molecule has 0 bridgehead atoms. The quantitative estimate of drug-likeness (QED) is 0.876. The van der Waals surface area contributed by atoms with Gasteiger partial charge in [-0.25, -0.2) is 9.78 Å². The summed E-state index contributed by atoms with van der Waals surface area (Å²) in [4.78, 5) is 28.1. The van der Waals surface area contributed by atoms with Gasteiger partial charge in [-0.15, -0.1) is 0 Å². The second kappa shape index (κ2) is 6.18. The van der Waals surface area contributed by atoms with Crippen molar-refractivity contribution < 1.29 is 0 Å². The van der Waals surface area contributed by atoms with Crippen LogP contribution in [-0.4, -0.2) is 20.7 Å². The van der Waals surface area contributed by atoms with E-state index in [1.807, 2.05) is 6.07 Å². The second-order valence-electron chi connectivity index (χ2n) is 4.57. The van der Waals surface area contributed by atoms with Gasteiger partial charge in [0.15, 0.2) is 0 Å². The molecule has 0 fully saturated rings. The molecule has 2 heterocycles. The van der Waals surface area contributed by atoms with Crippen molar-refractivity contribution in [2.24, 2.45) is 7.05 Å². The predicted molar refractivity (Wildman–Crippen MR) is 78.1 cm³/mol. The average Bonchev–Trinajstić information content (AvgIpc) is 2.46. The molecule has 20 heavy (non-hydrogen) atoms. The van der Waals surface area contributed by atoms with Crippen LogP contribution in [0.25, 0.3) is 0 Å². The van der Waals surface area contributed by atoms with Gasteiger partial charge in [-0.05, 0) is 12.5 Å². The van der Waals surface area contributed by atoms with E-state index in [1.165, 1.54) is 21.4 Å². The maximum atomic E-state index is 12.0. The lowest BCUT2D eigenvalue weighted by molar-refractivity contribution is 0.639. The number of nitrogens with one attached hydrogen (secondary N) is 1. The van der Waals surface area contributed by atoms with Gasteiger partial charge >= 0.3 is 5.69 Å². The van der Waals surface area contributed by atoms with Crippen LogP contribution >= 0.6 is 0 Å². The van der Waals surface area contributed by atoms with Crippen LogP contribution in [0.5, 0.6) is 0 Å². The topological polar surface area (TPSA) is 68.9 Å². The molecule has 0 amide bonds. The van der Waals surface area contributed by atoms with Crippen molar-refractivity contribution in [2.75, 3.05) is 11.9 Å². The van der Waals surface area contributed by atoms with Gasteiger partial charge in [-0.3, -0.25) is 9.36 Å². The number of hydrogen-bond acceptors (Lipinski definition) is 4. The van der Waals surface area contributed by atoms with Crippen LogP contribution in [0.15, 0.2) is 40.2 Å². The third-order valence-electron chi connectivity index (χ3n) is 3.00. The highest BCUT2D eigenvalue weighted by Crippen LogP contribution is 2.11. The van der Waals surface area contributed by atoms with Gasteiger partial charge in [0.25, 0.3) is 5.56 Å². The van der Waals surface area contributed by atoms with Crippen LogP contribution in [0.3, 0.4) is 0 Å². The second-order valence-corrected chi connectivity index (χ2v) is 4.57. The molecule has 0 aliphatic rings. The zero-order chi connectivity index (χ0) is 14.5. The van der Waals surface area contributed by atoms with Crippen molar-refractivity contribution in [1.29, 1.82) is 0 Å². The molecule has 0 saturated carbocycles. The summed E-state index contributed by atoms with van der Waals surface area (Å²) in [6.07, 6.45) is 4.14. The molecular weight excluding hydrogens is 256 g/mol. The molecule has 1 N–H and O–H groups in total. The third-order valence-corrected chi connectivity index (χ3v) is 3.00. The van der Waals surface area contributed by atoms with E-state index in [2.05, 4.69) is 17.2 Å². The van der Waals surface area contributed by atoms with Crippen molar-refractivity contribution in [3.05, 3.63) is 57.0 Å². The van der Waals surface area contributed by atoms with E-state index in [-0.39, 0.29) is 17.8 Å². The Balaban J connectivity index is 2.38. The lowest BCUT2D eigenvalue weighted by Crippen LogP contribution is -2.38. The molecule has 0 aliphatic heterocycles. The molecule has 2 aromatic heterocycles. The minimum Gasteiger partial charge on any atom is -0.370 e. The molecule has 2 rings (SSSR count). The Morgan fingerprint density at radius 3 is 2.85 bits per heavy atom. The Morgan fingerprint density at radius 2 is 2.10 bits per heavy atom. The molecule has 0 saturated heterocycles. The maximum Gasteiger partial charge on any atom is 0.331 e. The largest absolute Gasteiger partial charge is 0.370 e. The number of anilines is 1. The van der Waals surface area contributed by atoms with Crippen molar-refractivity contribution >= 4 is 5.82 Å². The summed E-state index contributed by atoms with van der Waals surface area (Å²) < 4.78 is 2.59. The number of aryl methyl sites for hydroxylation is 1. The van der Waals surface area contributed by atoms with Crippen LogP contribution in [0.1, 0.15) is 18.9 Å². The zero-order valence-corrected chi connectivity index (χ0v) is 11.7. The molecule has 6 heteroatoms. The molecule has 0 spiro atoms. The van der Waals surface area contributed by atoms with Gasteiger partial charge in [0.2, 0.25) is 0 Å². The molecule has 6 nitrogen and oxygen atoms in total. The van der Waals surface area contributed by atoms with Crippen molar-refractivity contribution in [1.82, 2.24) is 14.1 Å². The van der Waals surface area contributed by atoms with Gasteiger partial charge in [0.1, 0.15) is 5.82 Å². The predicted octanol–water partition coefficient (Wildman–Crippen LogP) is 0.812. The Hall–Kier alpha value is -2.37. The summed E-state index contributed by atoms with van der Waals surface area (Å²) >= 11 is 0. The zero-order valence-electron chi connectivity index (χ0n) is 11.7. The van der Waals surface area contributed by atoms with E-state index >= 15 is 0 Å². The lowest BCUT2D eigenvalue weighted by atomic mass is 10.2. The Morgan fingerprint density at radius 1 is 1.30 bits per heavy atom. The molecule has 106 valence electrons. The smallest absolute Gasteiger partial charge is 0.331 e. The first-order valence-corrected chi connectivity index (χ1v) is 6.57. The Labute approximate surface area is 116 Å². The van der Waals surface area contributed by atoms with Crippen molar-refractivity contribution in [3.63, 3.8) is 0 Å². The first kappa shape index (κ1) is 14.0. The first-order chi connectivity index (χ1) is 9.63. The van der Waals surface area contributed by atoms with Crippen LogP contribution < -0.4 is 16.6 Å². The third kappa shape index (κ3) is 2.96. The van der Waals surface area contributed by atoms with E-state index in [0.29, 0.717) is 5.82 Å². The molecule has 0 atom stereocenters. The van der Waals surface area contributed by atoms with Crippen LogP contribution in [0.4, 0.5) is 5.82 Å². The number of rotatable bonds is 5. The van der Waals surface area contributed by atoms with Gasteiger partial charge < -0.3 is 9.88 Å². The summed E-state index contributed by atoms with van der Waals surface area (Å²) in [7, 11) is 1.62. The minimum atomic E-state index is -0.331. The summed E-state index contributed by atoms with van der Waals surface area (Å²) in [5.41, 5.74) is 0.188. The highest BCUT2D eigenvalue weighted by molar-refractivity contribution is 5.43. The normalized spacial score (nSPS) is 10.5. The van der Waals surface area contributed by atoms with Crippen LogP contribution in [-0.2, 0) is 13.6 Å². The minimum absolute atomic E-state index is 0.215. The van der Waals surface area contributed by atoms with Crippen molar-refractivity contribution in [2.45, 2.75) is 19.9 Å². The summed E-state index contributed by atoms with van der Waals surface area (Å²) in [6.45, 7) is 3.07. The summed E-state index contributed by atoms with van der Waals surface area (Å²) in [5.74, 6) is 0.715. The highest BCUT2D eigenvalue weighted by atomic mass is 16.2. The van der Waals surface area contributed by atoms with Crippen molar-refractivity contribution in [3.8, 4) is 0 Å². The fourth-order valence-electron chi connectivity index (χ4n) is 1.90. The summed E-state index contributed by atoms with van der Waals surface area (Å²) in [5, 5.41) is 3.20. The number of aromatic nitrogens is 3. The number of hydrogen-bond donors (Lipinski definition) is 1. The Kier molecular flexibility index (Phi) is 4.34. The standard InChI is InChI=1S/C14H18N4O2/c1-3-7-15-13-11(5-4-8-16-13)10-18-12(19)6-9-17(2)14(18)20/h4-6,8-9H,3,7,10H2,1-2H3,(H,15,16). The van der Waals surface area contributed by atoms with Gasteiger partial charge in [0, 0.05) is 37.6 Å². The SMILES string of the molecule is CCCNc1ncccc1Cn1c(=O)ccn(C)c1=O. The molecular formula is C14H18N4O2. The van der Waals surface area contributed by atoms with Crippen LogP contribution in [0.2, 0.25) is 0 Å². The molecule has 0 unspecified atom stereocenters. The van der Waals surface area contributed by atoms with E-state index in [4.69, 9.17) is 0 Å². The first-order valence-electron chi connectivity index (χ1n) is 6.57. The maximum absolute atomic E-state index is 12.0.